The SMILES string of the molecule is CCN1CCN(C(=O)c2cc(C(C)C)ccc2OC)CC1. The molecule has 21 heavy (non-hydrogen) atoms. The van der Waals surface area contributed by atoms with Gasteiger partial charge in [0.25, 0.3) is 5.91 Å². The number of nitrogens with zero attached hydrogens (tertiary/aromatic N) is 2. The van der Waals surface area contributed by atoms with E-state index in [9.17, 15) is 4.79 Å². The topological polar surface area (TPSA) is 32.8 Å². The number of amides is 1. The molecule has 4 nitrogen and oxygen atoms in total. The molecule has 0 atom stereocenters. The summed E-state index contributed by atoms with van der Waals surface area (Å²) in [5.41, 5.74) is 1.86. The van der Waals surface area contributed by atoms with Crippen LogP contribution in [-0.4, -0.2) is 55.5 Å². The van der Waals surface area contributed by atoms with Crippen molar-refractivity contribution >= 4 is 5.91 Å². The van der Waals surface area contributed by atoms with Crippen molar-refractivity contribution in [3.05, 3.63) is 29.3 Å². The van der Waals surface area contributed by atoms with E-state index < -0.39 is 0 Å². The lowest BCUT2D eigenvalue weighted by atomic mass is 9.99. The van der Waals surface area contributed by atoms with Gasteiger partial charge in [0.2, 0.25) is 0 Å². The Labute approximate surface area is 127 Å². The fraction of sp³-hybridized carbons (Fsp3) is 0.588. The first-order valence-electron chi connectivity index (χ1n) is 7.76. The highest BCUT2D eigenvalue weighted by atomic mass is 16.5. The van der Waals surface area contributed by atoms with Crippen LogP contribution in [0.2, 0.25) is 0 Å². The second-order valence-corrected chi connectivity index (χ2v) is 5.84. The van der Waals surface area contributed by atoms with Crippen molar-refractivity contribution in [1.29, 1.82) is 0 Å². The summed E-state index contributed by atoms with van der Waals surface area (Å²) in [5.74, 6) is 1.16. The molecule has 1 saturated heterocycles. The molecule has 116 valence electrons. The predicted octanol–water partition coefficient (Wildman–Crippen LogP) is 2.60. The molecule has 1 aliphatic rings. The number of methoxy groups -OCH3 is 1. The van der Waals surface area contributed by atoms with Gasteiger partial charge in [0.1, 0.15) is 5.75 Å². The average Bonchev–Trinajstić information content (AvgIpc) is 2.53. The number of benzene rings is 1. The Kier molecular flexibility index (Phi) is 5.23. The summed E-state index contributed by atoms with van der Waals surface area (Å²) in [6, 6.07) is 5.93. The molecule has 0 aliphatic carbocycles. The van der Waals surface area contributed by atoms with Gasteiger partial charge in [0.15, 0.2) is 0 Å². The zero-order valence-corrected chi connectivity index (χ0v) is 13.6. The highest BCUT2D eigenvalue weighted by Gasteiger charge is 2.24. The van der Waals surface area contributed by atoms with Crippen molar-refractivity contribution in [2.24, 2.45) is 0 Å². The maximum Gasteiger partial charge on any atom is 0.257 e. The van der Waals surface area contributed by atoms with Gasteiger partial charge in [0, 0.05) is 26.2 Å². The Morgan fingerprint density at radius 3 is 2.43 bits per heavy atom. The predicted molar refractivity (Wildman–Crippen MR) is 85.1 cm³/mol. The number of carbonyl (C=O) groups is 1. The first-order valence-corrected chi connectivity index (χ1v) is 7.76. The van der Waals surface area contributed by atoms with Crippen LogP contribution in [-0.2, 0) is 0 Å². The van der Waals surface area contributed by atoms with E-state index in [-0.39, 0.29) is 5.91 Å². The molecular formula is C17H26N2O2. The lowest BCUT2D eigenvalue weighted by Crippen LogP contribution is -2.48. The molecule has 1 aromatic carbocycles. The molecule has 1 aromatic rings. The lowest BCUT2D eigenvalue weighted by molar-refractivity contribution is 0.0640. The summed E-state index contributed by atoms with van der Waals surface area (Å²) < 4.78 is 5.38. The molecule has 0 saturated carbocycles. The molecule has 0 N–H and O–H groups in total. The van der Waals surface area contributed by atoms with Gasteiger partial charge in [-0.05, 0) is 30.2 Å². The number of carbonyl (C=O) groups excluding carboxylic acids is 1. The monoisotopic (exact) mass is 290 g/mol. The number of hydrogen-bond acceptors (Lipinski definition) is 3. The molecule has 0 unspecified atom stereocenters. The second-order valence-electron chi connectivity index (χ2n) is 5.84. The van der Waals surface area contributed by atoms with Crippen LogP contribution in [0.3, 0.4) is 0 Å². The normalized spacial score (nSPS) is 16.3. The van der Waals surface area contributed by atoms with Crippen molar-refractivity contribution in [2.75, 3.05) is 39.8 Å². The van der Waals surface area contributed by atoms with Gasteiger partial charge in [-0.3, -0.25) is 4.79 Å². The molecule has 1 aliphatic heterocycles. The largest absolute Gasteiger partial charge is 0.496 e. The molecule has 1 amide bonds. The summed E-state index contributed by atoms with van der Waals surface area (Å²) in [5, 5.41) is 0. The smallest absolute Gasteiger partial charge is 0.257 e. The molecule has 1 fully saturated rings. The van der Waals surface area contributed by atoms with E-state index in [0.29, 0.717) is 17.2 Å². The zero-order valence-electron chi connectivity index (χ0n) is 13.6. The van der Waals surface area contributed by atoms with Crippen LogP contribution in [0.25, 0.3) is 0 Å². The van der Waals surface area contributed by atoms with E-state index in [1.54, 1.807) is 7.11 Å². The molecule has 0 spiro atoms. The van der Waals surface area contributed by atoms with Crippen molar-refractivity contribution < 1.29 is 9.53 Å². The van der Waals surface area contributed by atoms with E-state index in [1.165, 1.54) is 5.56 Å². The molecule has 0 radical (unpaired) electrons. The minimum absolute atomic E-state index is 0.0881. The number of likely N-dealkylation sites (N-methyl/N-ethyl adjacent to an activating group) is 1. The van der Waals surface area contributed by atoms with Gasteiger partial charge >= 0.3 is 0 Å². The summed E-state index contributed by atoms with van der Waals surface area (Å²) in [7, 11) is 1.62. The minimum Gasteiger partial charge on any atom is -0.496 e. The summed E-state index contributed by atoms with van der Waals surface area (Å²) in [6.45, 7) is 11.0. The second kappa shape index (κ2) is 6.94. The van der Waals surface area contributed by atoms with Crippen LogP contribution >= 0.6 is 0 Å². The van der Waals surface area contributed by atoms with Crippen molar-refractivity contribution in [3.63, 3.8) is 0 Å². The van der Waals surface area contributed by atoms with Crippen LogP contribution in [0.4, 0.5) is 0 Å². The molecular weight excluding hydrogens is 264 g/mol. The van der Waals surface area contributed by atoms with Crippen LogP contribution in [0.5, 0.6) is 5.75 Å². The Morgan fingerprint density at radius 2 is 1.90 bits per heavy atom. The van der Waals surface area contributed by atoms with Gasteiger partial charge in [0.05, 0.1) is 12.7 Å². The molecule has 2 rings (SSSR count). The quantitative estimate of drug-likeness (QED) is 0.854. The molecule has 4 heteroatoms. The highest BCUT2D eigenvalue weighted by molar-refractivity contribution is 5.97. The Morgan fingerprint density at radius 1 is 1.24 bits per heavy atom. The molecule has 1 heterocycles. The highest BCUT2D eigenvalue weighted by Crippen LogP contribution is 2.25. The summed E-state index contributed by atoms with van der Waals surface area (Å²) in [6.07, 6.45) is 0. The zero-order chi connectivity index (χ0) is 15.4. The Hall–Kier alpha value is -1.55. The lowest BCUT2D eigenvalue weighted by Gasteiger charge is -2.34. The van der Waals surface area contributed by atoms with Gasteiger partial charge in [-0.15, -0.1) is 0 Å². The van der Waals surface area contributed by atoms with Gasteiger partial charge in [-0.25, -0.2) is 0 Å². The van der Waals surface area contributed by atoms with Crippen molar-refractivity contribution in [3.8, 4) is 5.75 Å². The maximum absolute atomic E-state index is 12.8. The summed E-state index contributed by atoms with van der Waals surface area (Å²) in [4.78, 5) is 17.1. The van der Waals surface area contributed by atoms with Gasteiger partial charge < -0.3 is 14.5 Å². The van der Waals surface area contributed by atoms with Crippen LogP contribution in [0.15, 0.2) is 18.2 Å². The first kappa shape index (κ1) is 15.8. The van der Waals surface area contributed by atoms with Crippen molar-refractivity contribution in [1.82, 2.24) is 9.80 Å². The first-order chi connectivity index (χ1) is 10.1. The van der Waals surface area contributed by atoms with Crippen LogP contribution in [0.1, 0.15) is 42.6 Å². The van der Waals surface area contributed by atoms with E-state index in [2.05, 4.69) is 25.7 Å². The third-order valence-corrected chi connectivity index (χ3v) is 4.23. The Bertz CT molecular complexity index is 492. The van der Waals surface area contributed by atoms with Gasteiger partial charge in [-0.2, -0.15) is 0 Å². The third-order valence-electron chi connectivity index (χ3n) is 4.23. The molecule has 0 aromatic heterocycles. The van der Waals surface area contributed by atoms with Gasteiger partial charge in [-0.1, -0.05) is 26.8 Å². The fourth-order valence-corrected chi connectivity index (χ4v) is 2.69. The van der Waals surface area contributed by atoms with Crippen LogP contribution < -0.4 is 4.74 Å². The van der Waals surface area contributed by atoms with Crippen molar-refractivity contribution in [2.45, 2.75) is 26.7 Å². The van der Waals surface area contributed by atoms with E-state index in [1.807, 2.05) is 23.1 Å². The average molecular weight is 290 g/mol. The third kappa shape index (κ3) is 3.56. The maximum atomic E-state index is 12.8. The number of rotatable bonds is 4. The minimum atomic E-state index is 0.0881. The van der Waals surface area contributed by atoms with E-state index in [0.717, 1.165) is 32.7 Å². The Balaban J connectivity index is 2.20. The van der Waals surface area contributed by atoms with E-state index >= 15 is 0 Å². The summed E-state index contributed by atoms with van der Waals surface area (Å²) >= 11 is 0. The molecule has 0 bridgehead atoms. The van der Waals surface area contributed by atoms with Crippen LogP contribution in [0, 0.1) is 0 Å². The van der Waals surface area contributed by atoms with E-state index in [4.69, 9.17) is 4.74 Å². The fourth-order valence-electron chi connectivity index (χ4n) is 2.69. The number of ether oxygens (including phenoxy) is 1. The standard InChI is InChI=1S/C17H26N2O2/c1-5-18-8-10-19(11-9-18)17(20)15-12-14(13(2)3)6-7-16(15)21-4/h6-7,12-13H,5,8-11H2,1-4H3. The number of hydrogen-bond donors (Lipinski definition) is 0. The number of piperazine rings is 1.